The molecule has 0 unspecified atom stereocenters. The molecule has 2 heterocycles. The molecule has 1 N–H and O–H groups in total. The molecule has 1 aromatic carbocycles. The van der Waals surface area contributed by atoms with Gasteiger partial charge in [-0.15, -0.1) is 0 Å². The fraction of sp³-hybridized carbons (Fsp3) is 0.118. The van der Waals surface area contributed by atoms with Crippen molar-refractivity contribution >= 4 is 22.7 Å². The number of carbonyl (C=O) groups excluding carboxylic acids is 1. The third kappa shape index (κ3) is 3.06. The molecule has 6 nitrogen and oxygen atoms in total. The summed E-state index contributed by atoms with van der Waals surface area (Å²) in [4.78, 5) is 28.0. The monoisotopic (exact) mass is 310 g/mol. The van der Waals surface area contributed by atoms with Crippen molar-refractivity contribution in [3.63, 3.8) is 0 Å². The summed E-state index contributed by atoms with van der Waals surface area (Å²) < 4.78 is 10.6. The number of rotatable bonds is 3. The maximum Gasteiger partial charge on any atom is 0.411 e. The van der Waals surface area contributed by atoms with Crippen LogP contribution in [0.1, 0.15) is 6.92 Å². The van der Waals surface area contributed by atoms with Crippen molar-refractivity contribution in [2.75, 3.05) is 11.9 Å². The molecular formula is C17H14N2O4. The standard InChI is InChI=1S/C17H14N2O4/c1-2-22-17(21)19-12-7-5-9-18-16(12)15-10-13(20)11-6-3-4-8-14(11)23-15/h3-10H,2H2,1H3,(H,19,21). The van der Waals surface area contributed by atoms with Crippen molar-refractivity contribution in [1.29, 1.82) is 0 Å². The average molecular weight is 310 g/mol. The summed E-state index contributed by atoms with van der Waals surface area (Å²) in [7, 11) is 0. The van der Waals surface area contributed by atoms with E-state index in [0.717, 1.165) is 0 Å². The van der Waals surface area contributed by atoms with Gasteiger partial charge in [-0.3, -0.25) is 15.1 Å². The first-order valence-electron chi connectivity index (χ1n) is 7.11. The first-order chi connectivity index (χ1) is 11.2. The van der Waals surface area contributed by atoms with Gasteiger partial charge in [0.1, 0.15) is 11.3 Å². The third-order valence-corrected chi connectivity index (χ3v) is 3.19. The van der Waals surface area contributed by atoms with Crippen molar-refractivity contribution in [2.45, 2.75) is 6.92 Å². The van der Waals surface area contributed by atoms with Gasteiger partial charge in [-0.1, -0.05) is 12.1 Å². The quantitative estimate of drug-likeness (QED) is 0.801. The summed E-state index contributed by atoms with van der Waals surface area (Å²) in [5.74, 6) is 0.279. The van der Waals surface area contributed by atoms with Crippen molar-refractivity contribution in [3.8, 4) is 11.5 Å². The van der Waals surface area contributed by atoms with E-state index in [9.17, 15) is 9.59 Å². The Kier molecular flexibility index (Phi) is 4.05. The topological polar surface area (TPSA) is 81.4 Å². The zero-order chi connectivity index (χ0) is 16.2. The van der Waals surface area contributed by atoms with Gasteiger partial charge in [0.25, 0.3) is 0 Å². The fourth-order valence-electron chi connectivity index (χ4n) is 2.20. The first kappa shape index (κ1) is 14.8. The van der Waals surface area contributed by atoms with Gasteiger partial charge in [-0.05, 0) is 31.2 Å². The number of nitrogens with one attached hydrogen (secondary N) is 1. The van der Waals surface area contributed by atoms with Gasteiger partial charge in [-0.2, -0.15) is 0 Å². The number of hydrogen-bond acceptors (Lipinski definition) is 5. The van der Waals surface area contributed by atoms with Gasteiger partial charge in [0.05, 0.1) is 17.7 Å². The Morgan fingerprint density at radius 2 is 2.09 bits per heavy atom. The van der Waals surface area contributed by atoms with Crippen LogP contribution in [0.15, 0.2) is 57.9 Å². The number of anilines is 1. The van der Waals surface area contributed by atoms with Crippen LogP contribution in [0.3, 0.4) is 0 Å². The largest absolute Gasteiger partial charge is 0.454 e. The molecular weight excluding hydrogens is 296 g/mol. The number of carbonyl (C=O) groups is 1. The van der Waals surface area contributed by atoms with Crippen LogP contribution in [0, 0.1) is 0 Å². The van der Waals surface area contributed by atoms with Gasteiger partial charge in [0.2, 0.25) is 0 Å². The normalized spacial score (nSPS) is 10.5. The van der Waals surface area contributed by atoms with E-state index in [4.69, 9.17) is 9.15 Å². The highest BCUT2D eigenvalue weighted by molar-refractivity contribution is 5.90. The number of hydrogen-bond donors (Lipinski definition) is 1. The van der Waals surface area contributed by atoms with E-state index in [2.05, 4.69) is 10.3 Å². The molecule has 0 atom stereocenters. The predicted molar refractivity (Wildman–Crippen MR) is 86.4 cm³/mol. The molecule has 3 rings (SSSR count). The van der Waals surface area contributed by atoms with Crippen LogP contribution < -0.4 is 10.7 Å². The lowest BCUT2D eigenvalue weighted by atomic mass is 10.2. The number of ether oxygens (including phenoxy) is 1. The van der Waals surface area contributed by atoms with E-state index in [1.54, 1.807) is 49.5 Å². The highest BCUT2D eigenvalue weighted by atomic mass is 16.5. The zero-order valence-corrected chi connectivity index (χ0v) is 12.4. The number of benzene rings is 1. The minimum absolute atomic E-state index is 0.172. The lowest BCUT2D eigenvalue weighted by molar-refractivity contribution is 0.168. The number of aromatic nitrogens is 1. The van der Waals surface area contributed by atoms with Crippen molar-refractivity contribution in [1.82, 2.24) is 4.98 Å². The van der Waals surface area contributed by atoms with Crippen LogP contribution in [-0.2, 0) is 4.74 Å². The van der Waals surface area contributed by atoms with Gasteiger partial charge < -0.3 is 9.15 Å². The SMILES string of the molecule is CCOC(=O)Nc1cccnc1-c1cc(=O)c2ccccc2o1. The Morgan fingerprint density at radius 3 is 2.91 bits per heavy atom. The van der Waals surface area contributed by atoms with Gasteiger partial charge in [0, 0.05) is 12.3 Å². The van der Waals surface area contributed by atoms with Crippen LogP contribution in [-0.4, -0.2) is 17.7 Å². The molecule has 0 radical (unpaired) electrons. The van der Waals surface area contributed by atoms with E-state index < -0.39 is 6.09 Å². The zero-order valence-electron chi connectivity index (χ0n) is 12.4. The summed E-state index contributed by atoms with van der Waals surface area (Å²) in [6.45, 7) is 1.97. The molecule has 116 valence electrons. The Bertz CT molecular complexity index is 918. The second-order valence-corrected chi connectivity index (χ2v) is 4.72. The number of para-hydroxylation sites is 1. The number of fused-ring (bicyclic) bond motifs is 1. The Morgan fingerprint density at radius 1 is 1.26 bits per heavy atom. The highest BCUT2D eigenvalue weighted by Gasteiger charge is 2.14. The molecule has 0 fully saturated rings. The van der Waals surface area contributed by atoms with Gasteiger partial charge in [0.15, 0.2) is 11.2 Å². The van der Waals surface area contributed by atoms with Crippen molar-refractivity contribution in [2.24, 2.45) is 0 Å². The summed E-state index contributed by atoms with van der Waals surface area (Å²) in [5.41, 5.74) is 1.06. The van der Waals surface area contributed by atoms with Gasteiger partial charge >= 0.3 is 6.09 Å². The molecule has 1 amide bonds. The van der Waals surface area contributed by atoms with E-state index in [-0.39, 0.29) is 17.8 Å². The molecule has 0 bridgehead atoms. The Labute approximate surface area is 131 Å². The van der Waals surface area contributed by atoms with Crippen molar-refractivity contribution in [3.05, 3.63) is 58.9 Å². The molecule has 0 aliphatic rings. The number of pyridine rings is 1. The van der Waals surface area contributed by atoms with Crippen LogP contribution in [0.4, 0.5) is 10.5 Å². The molecule has 0 saturated carbocycles. The third-order valence-electron chi connectivity index (χ3n) is 3.19. The van der Waals surface area contributed by atoms with Crippen molar-refractivity contribution < 1.29 is 13.9 Å². The lowest BCUT2D eigenvalue weighted by Gasteiger charge is -2.09. The minimum atomic E-state index is -0.593. The molecule has 0 aliphatic heterocycles. The van der Waals surface area contributed by atoms with Crippen LogP contribution in [0.25, 0.3) is 22.4 Å². The lowest BCUT2D eigenvalue weighted by Crippen LogP contribution is -2.14. The highest BCUT2D eigenvalue weighted by Crippen LogP contribution is 2.26. The van der Waals surface area contributed by atoms with Crippen LogP contribution >= 0.6 is 0 Å². The van der Waals surface area contributed by atoms with E-state index in [1.807, 2.05) is 0 Å². The molecule has 23 heavy (non-hydrogen) atoms. The molecule has 0 saturated heterocycles. The number of nitrogens with zero attached hydrogens (tertiary/aromatic N) is 1. The van der Waals surface area contributed by atoms with Crippen LogP contribution in [0.2, 0.25) is 0 Å². The summed E-state index contributed by atoms with van der Waals surface area (Å²) in [5, 5.41) is 3.08. The van der Waals surface area contributed by atoms with E-state index in [0.29, 0.717) is 22.4 Å². The maximum atomic E-state index is 12.2. The second kappa shape index (κ2) is 6.31. The minimum Gasteiger partial charge on any atom is -0.454 e. The molecule has 3 aromatic rings. The average Bonchev–Trinajstić information content (AvgIpc) is 2.55. The second-order valence-electron chi connectivity index (χ2n) is 4.72. The molecule has 6 heteroatoms. The summed E-state index contributed by atoms with van der Waals surface area (Å²) in [6, 6.07) is 11.7. The Hall–Kier alpha value is -3.15. The summed E-state index contributed by atoms with van der Waals surface area (Å²) >= 11 is 0. The fourth-order valence-corrected chi connectivity index (χ4v) is 2.20. The predicted octanol–water partition coefficient (Wildman–Crippen LogP) is 3.42. The van der Waals surface area contributed by atoms with Gasteiger partial charge in [-0.25, -0.2) is 4.79 Å². The maximum absolute atomic E-state index is 12.2. The molecule has 0 spiro atoms. The molecule has 2 aromatic heterocycles. The summed E-state index contributed by atoms with van der Waals surface area (Å²) in [6.07, 6.45) is 0.964. The number of amides is 1. The van der Waals surface area contributed by atoms with Crippen LogP contribution in [0.5, 0.6) is 0 Å². The smallest absolute Gasteiger partial charge is 0.411 e. The molecule has 0 aliphatic carbocycles. The van der Waals surface area contributed by atoms with E-state index in [1.165, 1.54) is 6.07 Å². The Balaban J connectivity index is 2.08. The van der Waals surface area contributed by atoms with E-state index >= 15 is 0 Å². The first-order valence-corrected chi connectivity index (χ1v) is 7.11.